The molecule has 4 nitrogen and oxygen atoms in total. The molecular formula is C14H20N2O2. The van der Waals surface area contributed by atoms with Crippen LogP contribution in [0.15, 0.2) is 24.4 Å². The number of hydrogen-bond acceptors (Lipinski definition) is 4. The number of hydrogen-bond donors (Lipinski definition) is 1. The average Bonchev–Trinajstić information content (AvgIpc) is 2.46. The van der Waals surface area contributed by atoms with Crippen LogP contribution in [0.25, 0.3) is 0 Å². The smallest absolute Gasteiger partial charge is 0.213 e. The summed E-state index contributed by atoms with van der Waals surface area (Å²) in [7, 11) is 0. The Bertz CT molecular complexity index is 371. The van der Waals surface area contributed by atoms with Crippen molar-refractivity contribution >= 4 is 0 Å². The van der Waals surface area contributed by atoms with Crippen molar-refractivity contribution in [2.75, 3.05) is 26.3 Å². The minimum absolute atomic E-state index is 0.133. The molecular weight excluding hydrogens is 228 g/mol. The first-order chi connectivity index (χ1) is 8.89. The number of piperidine rings is 1. The molecule has 4 heteroatoms. The molecule has 0 amide bonds. The van der Waals surface area contributed by atoms with Crippen LogP contribution >= 0.6 is 0 Å². The molecule has 3 heterocycles. The summed E-state index contributed by atoms with van der Waals surface area (Å²) in [6.45, 7) is 3.64. The Morgan fingerprint density at radius 3 is 3.39 bits per heavy atom. The molecule has 18 heavy (non-hydrogen) atoms. The zero-order chi connectivity index (χ0) is 12.3. The molecule has 1 N–H and O–H groups in total. The van der Waals surface area contributed by atoms with Crippen molar-refractivity contribution in [3.8, 4) is 5.88 Å². The maximum atomic E-state index is 5.93. The van der Waals surface area contributed by atoms with E-state index in [1.807, 2.05) is 18.2 Å². The van der Waals surface area contributed by atoms with Crippen molar-refractivity contribution in [2.45, 2.75) is 25.4 Å². The maximum absolute atomic E-state index is 5.93. The van der Waals surface area contributed by atoms with Crippen LogP contribution in [0, 0.1) is 5.41 Å². The molecule has 0 bridgehead atoms. The second kappa shape index (κ2) is 5.24. The fourth-order valence-corrected chi connectivity index (χ4v) is 3.02. The predicted octanol–water partition coefficient (Wildman–Crippen LogP) is 1.62. The Kier molecular flexibility index (Phi) is 3.48. The van der Waals surface area contributed by atoms with Gasteiger partial charge in [0.1, 0.15) is 0 Å². The van der Waals surface area contributed by atoms with Crippen LogP contribution < -0.4 is 10.1 Å². The predicted molar refractivity (Wildman–Crippen MR) is 68.6 cm³/mol. The third kappa shape index (κ3) is 2.35. The minimum atomic E-state index is 0.133. The van der Waals surface area contributed by atoms with E-state index < -0.39 is 0 Å². The van der Waals surface area contributed by atoms with Gasteiger partial charge in [0.25, 0.3) is 0 Å². The van der Waals surface area contributed by atoms with Crippen molar-refractivity contribution in [1.29, 1.82) is 0 Å². The number of ether oxygens (including phenoxy) is 2. The Hall–Kier alpha value is -1.13. The quantitative estimate of drug-likeness (QED) is 0.882. The monoisotopic (exact) mass is 248 g/mol. The van der Waals surface area contributed by atoms with E-state index in [0.29, 0.717) is 18.6 Å². The van der Waals surface area contributed by atoms with Crippen LogP contribution in [0.1, 0.15) is 19.3 Å². The summed E-state index contributed by atoms with van der Waals surface area (Å²) >= 11 is 0. The Morgan fingerprint density at radius 2 is 2.50 bits per heavy atom. The van der Waals surface area contributed by atoms with E-state index in [1.165, 1.54) is 6.42 Å². The summed E-state index contributed by atoms with van der Waals surface area (Å²) in [6.07, 6.45) is 5.50. The van der Waals surface area contributed by atoms with Crippen LogP contribution in [0.5, 0.6) is 5.88 Å². The highest BCUT2D eigenvalue weighted by atomic mass is 16.5. The van der Waals surface area contributed by atoms with Crippen LogP contribution in [-0.2, 0) is 4.74 Å². The standard InChI is InChI=1S/C14H20N2O2/c1-2-7-16-13(4-1)18-11-14-6-3-9-17-12(14)5-8-15-10-14/h1-2,4,7,12,15H,3,5-6,8-11H2/t12-,14+/m1/s1. The largest absolute Gasteiger partial charge is 0.477 e. The van der Waals surface area contributed by atoms with E-state index in [2.05, 4.69) is 10.3 Å². The molecule has 0 saturated carbocycles. The van der Waals surface area contributed by atoms with Gasteiger partial charge in [-0.25, -0.2) is 4.98 Å². The van der Waals surface area contributed by atoms with Crippen molar-refractivity contribution in [1.82, 2.24) is 10.3 Å². The van der Waals surface area contributed by atoms with E-state index >= 15 is 0 Å². The molecule has 1 aromatic heterocycles. The highest BCUT2D eigenvalue weighted by Gasteiger charge is 2.44. The number of rotatable bonds is 3. The molecule has 0 radical (unpaired) electrons. The highest BCUT2D eigenvalue weighted by Crippen LogP contribution is 2.37. The van der Waals surface area contributed by atoms with Gasteiger partial charge in [-0.1, -0.05) is 6.07 Å². The lowest BCUT2D eigenvalue weighted by Gasteiger charge is -2.46. The van der Waals surface area contributed by atoms with Crippen molar-refractivity contribution in [3.05, 3.63) is 24.4 Å². The lowest BCUT2D eigenvalue weighted by molar-refractivity contribution is -0.115. The fourth-order valence-electron chi connectivity index (χ4n) is 3.02. The lowest BCUT2D eigenvalue weighted by Crippen LogP contribution is -2.56. The van der Waals surface area contributed by atoms with E-state index in [0.717, 1.165) is 32.5 Å². The molecule has 3 rings (SSSR count). The minimum Gasteiger partial charge on any atom is -0.477 e. The van der Waals surface area contributed by atoms with Gasteiger partial charge in [0.15, 0.2) is 0 Å². The summed E-state index contributed by atoms with van der Waals surface area (Å²) in [4.78, 5) is 4.21. The van der Waals surface area contributed by atoms with Gasteiger partial charge in [-0.2, -0.15) is 0 Å². The van der Waals surface area contributed by atoms with E-state index in [1.54, 1.807) is 6.20 Å². The SMILES string of the molecule is c1ccc(OC[C@@]23CCCO[C@@H]2CCNC3)nc1. The summed E-state index contributed by atoms with van der Waals surface area (Å²) in [5.41, 5.74) is 0.133. The zero-order valence-corrected chi connectivity index (χ0v) is 10.6. The topological polar surface area (TPSA) is 43.4 Å². The summed E-state index contributed by atoms with van der Waals surface area (Å²) < 4.78 is 11.8. The summed E-state index contributed by atoms with van der Waals surface area (Å²) in [5, 5.41) is 3.48. The first-order valence-electron chi connectivity index (χ1n) is 6.75. The molecule has 98 valence electrons. The molecule has 0 aromatic carbocycles. The first-order valence-corrected chi connectivity index (χ1v) is 6.75. The molecule has 2 saturated heterocycles. The molecule has 1 aromatic rings. The Morgan fingerprint density at radius 1 is 1.50 bits per heavy atom. The molecule has 0 unspecified atom stereocenters. The summed E-state index contributed by atoms with van der Waals surface area (Å²) in [6, 6.07) is 5.76. The Balaban J connectivity index is 1.68. The second-order valence-electron chi connectivity index (χ2n) is 5.25. The molecule has 0 aliphatic carbocycles. The Labute approximate surface area is 108 Å². The van der Waals surface area contributed by atoms with Crippen LogP contribution in [0.4, 0.5) is 0 Å². The van der Waals surface area contributed by atoms with Crippen molar-refractivity contribution in [2.24, 2.45) is 5.41 Å². The van der Waals surface area contributed by atoms with Gasteiger partial charge < -0.3 is 14.8 Å². The van der Waals surface area contributed by atoms with E-state index in [-0.39, 0.29) is 5.41 Å². The molecule has 0 spiro atoms. The van der Waals surface area contributed by atoms with Crippen molar-refractivity contribution < 1.29 is 9.47 Å². The van der Waals surface area contributed by atoms with Crippen LogP contribution in [-0.4, -0.2) is 37.4 Å². The number of pyridine rings is 1. The van der Waals surface area contributed by atoms with Crippen LogP contribution in [0.3, 0.4) is 0 Å². The third-order valence-corrected chi connectivity index (χ3v) is 4.03. The molecule has 2 aliphatic rings. The zero-order valence-electron chi connectivity index (χ0n) is 10.6. The fraction of sp³-hybridized carbons (Fsp3) is 0.643. The van der Waals surface area contributed by atoms with Gasteiger partial charge in [-0.3, -0.25) is 0 Å². The molecule has 2 aliphatic heterocycles. The lowest BCUT2D eigenvalue weighted by atomic mass is 9.73. The van der Waals surface area contributed by atoms with Crippen molar-refractivity contribution in [3.63, 3.8) is 0 Å². The third-order valence-electron chi connectivity index (χ3n) is 4.03. The van der Waals surface area contributed by atoms with Gasteiger partial charge in [-0.05, 0) is 31.9 Å². The highest BCUT2D eigenvalue weighted by molar-refractivity contribution is 5.10. The van der Waals surface area contributed by atoms with Gasteiger partial charge in [-0.15, -0.1) is 0 Å². The normalized spacial score (nSPS) is 31.7. The van der Waals surface area contributed by atoms with Gasteiger partial charge in [0, 0.05) is 30.8 Å². The number of aromatic nitrogens is 1. The average molecular weight is 248 g/mol. The van der Waals surface area contributed by atoms with E-state index in [4.69, 9.17) is 9.47 Å². The van der Waals surface area contributed by atoms with Crippen LogP contribution in [0.2, 0.25) is 0 Å². The number of nitrogens with zero attached hydrogens (tertiary/aromatic N) is 1. The van der Waals surface area contributed by atoms with Gasteiger partial charge in [0.2, 0.25) is 5.88 Å². The van der Waals surface area contributed by atoms with E-state index in [9.17, 15) is 0 Å². The first kappa shape index (κ1) is 11.9. The second-order valence-corrected chi connectivity index (χ2v) is 5.25. The number of fused-ring (bicyclic) bond motifs is 1. The number of nitrogens with one attached hydrogen (secondary N) is 1. The van der Waals surface area contributed by atoms with Gasteiger partial charge in [0.05, 0.1) is 12.7 Å². The molecule has 2 atom stereocenters. The molecule has 2 fully saturated rings. The maximum Gasteiger partial charge on any atom is 0.213 e. The summed E-state index contributed by atoms with van der Waals surface area (Å²) in [5.74, 6) is 0.710. The van der Waals surface area contributed by atoms with Gasteiger partial charge >= 0.3 is 0 Å².